The number of Topliss-reactive ketones (excluding diaryl/α,β-unsaturated/α-hetero) is 2. The zero-order chi connectivity index (χ0) is 19.7. The van der Waals surface area contributed by atoms with Crippen molar-refractivity contribution in [2.75, 3.05) is 6.54 Å². The van der Waals surface area contributed by atoms with E-state index in [-0.39, 0.29) is 59.2 Å². The van der Waals surface area contributed by atoms with Crippen LogP contribution in [0.15, 0.2) is 33.9 Å². The van der Waals surface area contributed by atoms with Gasteiger partial charge in [-0.05, 0) is 19.1 Å². The average molecular weight is 426 g/mol. The molecule has 0 fully saturated rings. The molecule has 2 heterocycles. The molecule has 2 N–H and O–H groups in total. The van der Waals surface area contributed by atoms with Gasteiger partial charge in [-0.2, -0.15) is 5.10 Å². The molecule has 2 aliphatic rings. The van der Waals surface area contributed by atoms with Crippen LogP contribution in [0.1, 0.15) is 26.3 Å². The minimum atomic E-state index is -0.967. The Bertz CT molecular complexity index is 928. The summed E-state index contributed by atoms with van der Waals surface area (Å²) < 4.78 is 5.58. The van der Waals surface area contributed by atoms with Gasteiger partial charge in [-0.15, -0.1) is 0 Å². The monoisotopic (exact) mass is 425 g/mol. The van der Waals surface area contributed by atoms with Crippen LogP contribution in [0.25, 0.3) is 0 Å². The van der Waals surface area contributed by atoms with Gasteiger partial charge < -0.3 is 9.84 Å². The first-order chi connectivity index (χ1) is 12.8. The van der Waals surface area contributed by atoms with E-state index in [0.717, 1.165) is 0 Å². The van der Waals surface area contributed by atoms with Crippen molar-refractivity contribution in [3.63, 3.8) is 0 Å². The molecule has 1 aromatic carbocycles. The van der Waals surface area contributed by atoms with E-state index in [1.54, 1.807) is 0 Å². The molecule has 0 aliphatic carbocycles. The number of nitrogens with one attached hydrogen (secondary N) is 1. The highest BCUT2D eigenvalue weighted by Crippen LogP contribution is 2.35. The lowest BCUT2D eigenvalue weighted by Crippen LogP contribution is -2.33. The highest BCUT2D eigenvalue weighted by molar-refractivity contribution is 6.50. The summed E-state index contributed by atoms with van der Waals surface area (Å²) in [6.45, 7) is 1.30. The van der Waals surface area contributed by atoms with Crippen LogP contribution in [0.5, 0.6) is 5.75 Å². The molecule has 0 saturated heterocycles. The van der Waals surface area contributed by atoms with Crippen LogP contribution in [0.3, 0.4) is 0 Å². The quantitative estimate of drug-likeness (QED) is 0.718. The summed E-state index contributed by atoms with van der Waals surface area (Å²) in [5.74, 6) is -1.11. The predicted octanol–water partition coefficient (Wildman–Crippen LogP) is 2.09. The summed E-state index contributed by atoms with van der Waals surface area (Å²) in [6, 6.07) is 2.84. The minimum absolute atomic E-state index is 0. The van der Waals surface area contributed by atoms with Crippen LogP contribution in [0, 0.1) is 0 Å². The van der Waals surface area contributed by atoms with Gasteiger partial charge in [-0.3, -0.25) is 14.4 Å². The first kappa shape index (κ1) is 21.7. The van der Waals surface area contributed by atoms with E-state index in [1.807, 2.05) is 0 Å². The second-order valence-electron chi connectivity index (χ2n) is 5.82. The van der Waals surface area contributed by atoms with Gasteiger partial charge in [0.2, 0.25) is 11.8 Å². The van der Waals surface area contributed by atoms with Crippen LogP contribution in [0.4, 0.5) is 0 Å². The molecule has 28 heavy (non-hydrogen) atoms. The van der Waals surface area contributed by atoms with Crippen molar-refractivity contribution in [1.29, 1.82) is 0 Å². The molecule has 0 saturated carbocycles. The average Bonchev–Trinajstić information content (AvgIpc) is 2.59. The second kappa shape index (κ2) is 8.64. The SMILES string of the molecule is C.CC(O)C1=CC(Oc2c(Cl)cc(C3=NNC(=O)CC3=O)cc2Cl)=NCC1=O. The maximum atomic E-state index is 12.0. The van der Waals surface area contributed by atoms with Gasteiger partial charge in [0.1, 0.15) is 12.3 Å². The fourth-order valence-corrected chi connectivity index (χ4v) is 3.05. The molecular formula is C18H17Cl2N3O5. The molecular weight excluding hydrogens is 409 g/mol. The molecule has 1 amide bonds. The number of hydrazone groups is 1. The number of halogens is 2. The van der Waals surface area contributed by atoms with Crippen LogP contribution in [0.2, 0.25) is 10.0 Å². The van der Waals surface area contributed by atoms with Gasteiger partial charge in [0, 0.05) is 17.2 Å². The zero-order valence-corrected chi connectivity index (χ0v) is 15.5. The molecule has 10 heteroatoms. The number of aliphatic imine (C=N–C) groups is 1. The van der Waals surface area contributed by atoms with Crippen molar-refractivity contribution < 1.29 is 24.2 Å². The normalized spacial score (nSPS) is 17.7. The molecule has 1 aromatic rings. The number of carbonyl (C=O) groups excluding carboxylic acids is 3. The van der Waals surface area contributed by atoms with Gasteiger partial charge in [-0.1, -0.05) is 30.6 Å². The Morgan fingerprint density at radius 1 is 1.18 bits per heavy atom. The van der Waals surface area contributed by atoms with Gasteiger partial charge >= 0.3 is 0 Å². The summed E-state index contributed by atoms with van der Waals surface area (Å²) in [6.07, 6.45) is 0.0382. The fraction of sp³-hybridized carbons (Fsp3) is 0.278. The maximum Gasteiger partial charge on any atom is 0.247 e. The number of benzene rings is 1. The van der Waals surface area contributed by atoms with Crippen molar-refractivity contribution >= 4 is 52.3 Å². The van der Waals surface area contributed by atoms with E-state index in [4.69, 9.17) is 27.9 Å². The summed E-state index contributed by atoms with van der Waals surface area (Å²) >= 11 is 12.4. The first-order valence-electron chi connectivity index (χ1n) is 7.80. The topological polar surface area (TPSA) is 117 Å². The van der Waals surface area contributed by atoms with Crippen molar-refractivity contribution in [2.45, 2.75) is 26.9 Å². The molecule has 0 spiro atoms. The number of hydrogen-bond donors (Lipinski definition) is 2. The Morgan fingerprint density at radius 3 is 2.39 bits per heavy atom. The van der Waals surface area contributed by atoms with E-state index in [0.29, 0.717) is 5.56 Å². The third-order valence-corrected chi connectivity index (χ3v) is 4.35. The number of carbonyl (C=O) groups is 3. The largest absolute Gasteiger partial charge is 0.436 e. The maximum absolute atomic E-state index is 12.0. The van der Waals surface area contributed by atoms with Gasteiger partial charge in [0.15, 0.2) is 17.3 Å². The Kier molecular flexibility index (Phi) is 6.71. The van der Waals surface area contributed by atoms with E-state index >= 15 is 0 Å². The van der Waals surface area contributed by atoms with E-state index in [9.17, 15) is 19.5 Å². The molecule has 148 valence electrons. The number of hydrogen-bond acceptors (Lipinski definition) is 7. The summed E-state index contributed by atoms with van der Waals surface area (Å²) in [4.78, 5) is 38.8. The lowest BCUT2D eigenvalue weighted by molar-refractivity contribution is -0.126. The van der Waals surface area contributed by atoms with Crippen molar-refractivity contribution in [2.24, 2.45) is 10.1 Å². The molecule has 0 radical (unpaired) electrons. The number of amides is 1. The molecule has 8 nitrogen and oxygen atoms in total. The van der Waals surface area contributed by atoms with Crippen LogP contribution < -0.4 is 10.2 Å². The number of nitrogens with zero attached hydrogens (tertiary/aromatic N) is 2. The molecule has 1 atom stereocenters. The lowest BCUT2D eigenvalue weighted by atomic mass is 10.0. The molecule has 2 aliphatic heterocycles. The Balaban J connectivity index is 0.00000280. The van der Waals surface area contributed by atoms with Gasteiger partial charge in [0.05, 0.1) is 22.6 Å². The second-order valence-corrected chi connectivity index (χ2v) is 6.63. The lowest BCUT2D eigenvalue weighted by Gasteiger charge is -2.17. The van der Waals surface area contributed by atoms with E-state index in [1.165, 1.54) is 25.1 Å². The Morgan fingerprint density at radius 2 is 1.82 bits per heavy atom. The third-order valence-electron chi connectivity index (χ3n) is 3.79. The van der Waals surface area contributed by atoms with Crippen molar-refractivity contribution in [1.82, 2.24) is 5.43 Å². The minimum Gasteiger partial charge on any atom is -0.436 e. The molecule has 0 aromatic heterocycles. The van der Waals surface area contributed by atoms with Gasteiger partial charge in [-0.25, -0.2) is 10.4 Å². The number of dihydropyridines is 1. The standard InChI is InChI=1S/C17H13Cl2N3O5.CH4/c1-7(23)9-4-15(20-6-13(9)25)27-17-10(18)2-8(3-11(17)19)16-12(24)5-14(26)21-22-16;/h2-4,7,23H,5-6H2,1H3,(H,21,26);1H4. The highest BCUT2D eigenvalue weighted by Gasteiger charge is 2.25. The molecule has 0 bridgehead atoms. The first-order valence-corrected chi connectivity index (χ1v) is 8.56. The number of aliphatic hydroxyl groups excluding tert-OH is 1. The summed E-state index contributed by atoms with van der Waals surface area (Å²) in [5.41, 5.74) is 2.75. The predicted molar refractivity (Wildman–Crippen MR) is 105 cm³/mol. The number of ether oxygens (including phenoxy) is 1. The molecule has 1 unspecified atom stereocenters. The number of aliphatic hydroxyl groups is 1. The Hall–Kier alpha value is -2.55. The number of rotatable bonds is 3. The van der Waals surface area contributed by atoms with Crippen molar-refractivity contribution in [3.8, 4) is 5.75 Å². The Labute approximate surface area is 170 Å². The van der Waals surface area contributed by atoms with Crippen LogP contribution >= 0.6 is 23.2 Å². The van der Waals surface area contributed by atoms with Gasteiger partial charge in [0.25, 0.3) is 0 Å². The van der Waals surface area contributed by atoms with Crippen LogP contribution in [-0.4, -0.2) is 46.8 Å². The van der Waals surface area contributed by atoms with Crippen molar-refractivity contribution in [3.05, 3.63) is 39.4 Å². The molecule has 3 rings (SSSR count). The third kappa shape index (κ3) is 4.46. The zero-order valence-electron chi connectivity index (χ0n) is 14.0. The van der Waals surface area contributed by atoms with E-state index in [2.05, 4.69) is 15.5 Å². The van der Waals surface area contributed by atoms with E-state index < -0.39 is 17.8 Å². The number of ketones is 2. The summed E-state index contributed by atoms with van der Waals surface area (Å²) in [7, 11) is 0. The highest BCUT2D eigenvalue weighted by atomic mass is 35.5. The summed E-state index contributed by atoms with van der Waals surface area (Å²) in [5, 5.41) is 13.5. The van der Waals surface area contributed by atoms with Crippen LogP contribution in [-0.2, 0) is 14.4 Å². The fourth-order valence-electron chi connectivity index (χ4n) is 2.49. The smallest absolute Gasteiger partial charge is 0.247 e.